The largest absolute Gasteiger partial charge is 0.478 e. The molecule has 0 aromatic heterocycles. The summed E-state index contributed by atoms with van der Waals surface area (Å²) in [4.78, 5) is 10.9. The van der Waals surface area contributed by atoms with E-state index in [4.69, 9.17) is 5.11 Å². The summed E-state index contributed by atoms with van der Waals surface area (Å²) in [5.41, 5.74) is 0.891. The van der Waals surface area contributed by atoms with E-state index in [2.05, 4.69) is 4.72 Å². The highest BCUT2D eigenvalue weighted by Crippen LogP contribution is 2.17. The molecule has 1 rings (SSSR count). The van der Waals surface area contributed by atoms with Gasteiger partial charge in [0.05, 0.1) is 11.3 Å². The van der Waals surface area contributed by atoms with Crippen molar-refractivity contribution in [3.8, 4) is 0 Å². The van der Waals surface area contributed by atoms with Gasteiger partial charge in [-0.2, -0.15) is 12.7 Å². The van der Waals surface area contributed by atoms with E-state index in [1.165, 1.54) is 19.2 Å². The van der Waals surface area contributed by atoms with Crippen LogP contribution in [0.15, 0.2) is 18.2 Å². The number of aryl methyl sites for hydroxylation is 1. The quantitative estimate of drug-likeness (QED) is 0.846. The lowest BCUT2D eigenvalue weighted by Gasteiger charge is -2.16. The van der Waals surface area contributed by atoms with E-state index >= 15 is 0 Å². The zero-order valence-corrected chi connectivity index (χ0v) is 11.3. The van der Waals surface area contributed by atoms with Crippen molar-refractivity contribution in [3.05, 3.63) is 29.3 Å². The maximum atomic E-state index is 11.8. The fraction of sp³-hybridized carbons (Fsp3) is 0.364. The average Bonchev–Trinajstić information content (AvgIpc) is 2.29. The van der Waals surface area contributed by atoms with Gasteiger partial charge in [0, 0.05) is 13.6 Å². The van der Waals surface area contributed by atoms with Crippen LogP contribution in [-0.4, -0.2) is 37.4 Å². The Labute approximate surface area is 106 Å². The molecule has 2 N–H and O–H groups in total. The number of carbonyl (C=O) groups is 1. The smallest absolute Gasteiger partial charge is 0.336 e. The van der Waals surface area contributed by atoms with Crippen molar-refractivity contribution in [2.45, 2.75) is 13.8 Å². The highest BCUT2D eigenvalue weighted by Gasteiger charge is 2.16. The number of rotatable bonds is 5. The van der Waals surface area contributed by atoms with Crippen LogP contribution in [0, 0.1) is 6.92 Å². The third kappa shape index (κ3) is 3.21. The first-order chi connectivity index (χ1) is 8.27. The van der Waals surface area contributed by atoms with Gasteiger partial charge in [0.1, 0.15) is 0 Å². The van der Waals surface area contributed by atoms with E-state index in [1.807, 2.05) is 0 Å². The van der Waals surface area contributed by atoms with Gasteiger partial charge in [-0.05, 0) is 24.6 Å². The second kappa shape index (κ2) is 5.36. The van der Waals surface area contributed by atoms with Crippen molar-refractivity contribution in [3.63, 3.8) is 0 Å². The predicted molar refractivity (Wildman–Crippen MR) is 69.0 cm³/mol. The zero-order chi connectivity index (χ0) is 13.9. The number of carboxylic acids is 1. The summed E-state index contributed by atoms with van der Waals surface area (Å²) in [5, 5.41) is 8.96. The lowest BCUT2D eigenvalue weighted by molar-refractivity contribution is 0.0696. The standard InChI is InChI=1S/C11H16N2O4S/c1-4-13(3)18(16,17)12-9-6-5-8(2)10(7-9)11(14)15/h5-7,12H,4H2,1-3H3,(H,14,15). The van der Waals surface area contributed by atoms with Gasteiger partial charge < -0.3 is 5.11 Å². The van der Waals surface area contributed by atoms with Crippen LogP contribution in [0.1, 0.15) is 22.8 Å². The minimum atomic E-state index is -3.63. The molecule has 6 nitrogen and oxygen atoms in total. The van der Waals surface area contributed by atoms with E-state index in [0.29, 0.717) is 12.1 Å². The number of nitrogens with one attached hydrogen (secondary N) is 1. The summed E-state index contributed by atoms with van der Waals surface area (Å²) in [7, 11) is -2.19. The van der Waals surface area contributed by atoms with Crippen LogP contribution in [0.5, 0.6) is 0 Å². The molecule has 7 heteroatoms. The molecule has 0 amide bonds. The summed E-state index contributed by atoms with van der Waals surface area (Å²) in [6, 6.07) is 4.40. The Morgan fingerprint density at radius 1 is 1.44 bits per heavy atom. The molecule has 0 spiro atoms. The third-order valence-electron chi connectivity index (χ3n) is 2.57. The number of carboxylic acid groups (broad SMARTS) is 1. The molecule has 0 atom stereocenters. The molecule has 0 saturated heterocycles. The average molecular weight is 272 g/mol. The van der Waals surface area contributed by atoms with Crippen LogP contribution in [-0.2, 0) is 10.2 Å². The Morgan fingerprint density at radius 3 is 2.56 bits per heavy atom. The number of hydrogen-bond donors (Lipinski definition) is 2. The van der Waals surface area contributed by atoms with E-state index < -0.39 is 16.2 Å². The lowest BCUT2D eigenvalue weighted by atomic mass is 10.1. The summed E-state index contributed by atoms with van der Waals surface area (Å²) < 4.78 is 27.0. The first-order valence-corrected chi connectivity index (χ1v) is 6.80. The van der Waals surface area contributed by atoms with Gasteiger partial charge in [-0.1, -0.05) is 13.0 Å². The Balaban J connectivity index is 3.07. The summed E-state index contributed by atoms with van der Waals surface area (Å²) in [6.45, 7) is 3.68. The van der Waals surface area contributed by atoms with Crippen LogP contribution in [0.4, 0.5) is 5.69 Å². The molecule has 0 bridgehead atoms. The van der Waals surface area contributed by atoms with E-state index in [9.17, 15) is 13.2 Å². The Hall–Kier alpha value is -1.60. The molecule has 1 aromatic rings. The summed E-state index contributed by atoms with van der Waals surface area (Å²) in [6.07, 6.45) is 0. The Morgan fingerprint density at radius 2 is 2.06 bits per heavy atom. The van der Waals surface area contributed by atoms with E-state index in [-0.39, 0.29) is 11.3 Å². The summed E-state index contributed by atoms with van der Waals surface area (Å²) >= 11 is 0. The fourth-order valence-corrected chi connectivity index (χ4v) is 2.23. The molecule has 100 valence electrons. The van der Waals surface area contributed by atoms with Crippen LogP contribution in [0.25, 0.3) is 0 Å². The minimum Gasteiger partial charge on any atom is -0.478 e. The molecule has 0 aliphatic rings. The maximum absolute atomic E-state index is 11.8. The minimum absolute atomic E-state index is 0.0781. The van der Waals surface area contributed by atoms with Crippen molar-refractivity contribution in [1.29, 1.82) is 0 Å². The molecule has 0 saturated carbocycles. The molecular weight excluding hydrogens is 256 g/mol. The van der Waals surface area contributed by atoms with Crippen molar-refractivity contribution < 1.29 is 18.3 Å². The fourth-order valence-electron chi connectivity index (χ4n) is 1.31. The molecule has 0 fully saturated rings. The normalized spacial score (nSPS) is 11.6. The van der Waals surface area contributed by atoms with Crippen LogP contribution >= 0.6 is 0 Å². The van der Waals surface area contributed by atoms with Crippen molar-refractivity contribution in [1.82, 2.24) is 4.31 Å². The van der Waals surface area contributed by atoms with Crippen molar-refractivity contribution >= 4 is 21.9 Å². The molecule has 1 aromatic carbocycles. The maximum Gasteiger partial charge on any atom is 0.336 e. The first kappa shape index (κ1) is 14.5. The Bertz CT molecular complexity index is 554. The van der Waals surface area contributed by atoms with Gasteiger partial charge in [0.2, 0.25) is 0 Å². The second-order valence-electron chi connectivity index (χ2n) is 3.86. The molecule has 18 heavy (non-hydrogen) atoms. The summed E-state index contributed by atoms with van der Waals surface area (Å²) in [5.74, 6) is -1.09. The SMILES string of the molecule is CCN(C)S(=O)(=O)Nc1ccc(C)c(C(=O)O)c1. The lowest BCUT2D eigenvalue weighted by Crippen LogP contribution is -2.32. The van der Waals surface area contributed by atoms with Crippen LogP contribution in [0.3, 0.4) is 0 Å². The van der Waals surface area contributed by atoms with E-state index in [0.717, 1.165) is 4.31 Å². The van der Waals surface area contributed by atoms with E-state index in [1.54, 1.807) is 19.9 Å². The van der Waals surface area contributed by atoms with Crippen LogP contribution < -0.4 is 4.72 Å². The van der Waals surface area contributed by atoms with Gasteiger partial charge in [-0.25, -0.2) is 4.79 Å². The zero-order valence-electron chi connectivity index (χ0n) is 10.5. The van der Waals surface area contributed by atoms with Gasteiger partial charge in [-0.15, -0.1) is 0 Å². The topological polar surface area (TPSA) is 86.7 Å². The van der Waals surface area contributed by atoms with Crippen LogP contribution in [0.2, 0.25) is 0 Å². The number of anilines is 1. The monoisotopic (exact) mass is 272 g/mol. The predicted octanol–water partition coefficient (Wildman–Crippen LogP) is 1.30. The highest BCUT2D eigenvalue weighted by molar-refractivity contribution is 7.90. The molecule has 0 radical (unpaired) electrons. The third-order valence-corrected chi connectivity index (χ3v) is 4.14. The van der Waals surface area contributed by atoms with Gasteiger partial charge in [-0.3, -0.25) is 4.72 Å². The van der Waals surface area contributed by atoms with Gasteiger partial charge in [0.15, 0.2) is 0 Å². The molecule has 0 aliphatic heterocycles. The number of hydrogen-bond acceptors (Lipinski definition) is 3. The highest BCUT2D eigenvalue weighted by atomic mass is 32.2. The van der Waals surface area contributed by atoms with Gasteiger partial charge >= 0.3 is 16.2 Å². The molecule has 0 unspecified atom stereocenters. The molecule has 0 heterocycles. The Kier molecular flexibility index (Phi) is 4.31. The number of aromatic carboxylic acids is 1. The second-order valence-corrected chi connectivity index (χ2v) is 5.63. The number of benzene rings is 1. The number of nitrogens with zero attached hydrogens (tertiary/aromatic N) is 1. The molecular formula is C11H16N2O4S. The van der Waals surface area contributed by atoms with Crippen molar-refractivity contribution in [2.75, 3.05) is 18.3 Å². The molecule has 0 aliphatic carbocycles. The van der Waals surface area contributed by atoms with Gasteiger partial charge in [0.25, 0.3) is 0 Å². The van der Waals surface area contributed by atoms with Crippen molar-refractivity contribution in [2.24, 2.45) is 0 Å². The first-order valence-electron chi connectivity index (χ1n) is 5.36.